The fraction of sp³-hybridized carbons (Fsp3) is 1.00. The molecule has 10 heteroatoms. The first-order valence-corrected chi connectivity index (χ1v) is 15.3. The molecule has 0 bridgehead atoms. The van der Waals surface area contributed by atoms with E-state index in [1.54, 1.807) is 0 Å². The largest absolute Gasteiger partial charge is 0.416 e. The molecule has 3 saturated heterocycles. The summed E-state index contributed by atoms with van der Waals surface area (Å²) in [6.45, 7) is 9.75. The Kier molecular flexibility index (Phi) is 3.46. The molecule has 104 valence electrons. The summed E-state index contributed by atoms with van der Waals surface area (Å²) in [6, 6.07) is 0. The second-order valence-corrected chi connectivity index (χ2v) is 16.7. The summed E-state index contributed by atoms with van der Waals surface area (Å²) < 4.78 is 35.5. The number of hydrogen-bond acceptors (Lipinski definition) is 6. The zero-order valence-electron chi connectivity index (χ0n) is 11.2. The van der Waals surface area contributed by atoms with Gasteiger partial charge < -0.3 is 25.9 Å². The molecular weight excluding hydrogens is 304 g/mol. The minimum Gasteiger partial charge on any atom is -0.416 e. The van der Waals surface area contributed by atoms with Crippen LogP contribution in [0.1, 0.15) is 0 Å². The zero-order chi connectivity index (χ0) is 13.0. The normalized spacial score (nSPS) is 56.7. The van der Waals surface area contributed by atoms with E-state index in [-0.39, 0.29) is 11.5 Å². The average Bonchev–Trinajstić information content (AvgIpc) is 3.07. The highest BCUT2D eigenvalue weighted by Crippen LogP contribution is 2.33. The second-order valence-electron chi connectivity index (χ2n) is 5.28. The first-order valence-electron chi connectivity index (χ1n) is 6.36. The third-order valence-electron chi connectivity index (χ3n) is 3.44. The number of hydrogen-bond donors (Lipinski definition) is 0. The highest BCUT2D eigenvalue weighted by Gasteiger charge is 2.58. The molecule has 3 heterocycles. The van der Waals surface area contributed by atoms with Crippen LogP contribution in [0, 0.1) is 0 Å². The van der Waals surface area contributed by atoms with Gasteiger partial charge >= 0.3 is 35.7 Å². The summed E-state index contributed by atoms with van der Waals surface area (Å²) in [5.74, 6) is 0. The van der Waals surface area contributed by atoms with E-state index in [4.69, 9.17) is 25.9 Å². The van der Waals surface area contributed by atoms with Crippen molar-refractivity contribution in [2.75, 3.05) is 13.2 Å². The topological polar surface area (TPSA) is 62.0 Å². The molecule has 2 atom stereocenters. The van der Waals surface area contributed by atoms with E-state index in [2.05, 4.69) is 13.1 Å². The molecule has 0 N–H and O–H groups in total. The molecule has 0 radical (unpaired) electrons. The van der Waals surface area contributed by atoms with Gasteiger partial charge in [-0.3, -0.25) is 0 Å². The quantitative estimate of drug-likeness (QED) is 0.517. The molecule has 18 heavy (non-hydrogen) atoms. The number of rotatable bonds is 2. The van der Waals surface area contributed by atoms with E-state index in [1.165, 1.54) is 0 Å². The monoisotopic (exact) mass is 324 g/mol. The van der Waals surface area contributed by atoms with Crippen molar-refractivity contribution in [3.05, 3.63) is 0 Å². The second kappa shape index (κ2) is 4.58. The van der Waals surface area contributed by atoms with Gasteiger partial charge in [0.2, 0.25) is 0 Å². The van der Waals surface area contributed by atoms with Crippen LogP contribution in [0.4, 0.5) is 0 Å². The molecule has 0 spiro atoms. The maximum atomic E-state index is 6.19. The SMILES string of the molecule is C[SiH]1O[Si](C)(C2CO2)O[SiH](C)O[Si](C)(C2CO2)O1. The van der Waals surface area contributed by atoms with Gasteiger partial charge in [0, 0.05) is 0 Å². The Morgan fingerprint density at radius 2 is 1.06 bits per heavy atom. The summed E-state index contributed by atoms with van der Waals surface area (Å²) in [4.78, 5) is 0. The van der Waals surface area contributed by atoms with Crippen LogP contribution >= 0.6 is 0 Å². The van der Waals surface area contributed by atoms with Crippen molar-refractivity contribution in [2.24, 2.45) is 0 Å². The third-order valence-corrected chi connectivity index (χ3v) is 19.2. The van der Waals surface area contributed by atoms with E-state index in [0.29, 0.717) is 0 Å². The lowest BCUT2D eigenvalue weighted by molar-refractivity contribution is 0.236. The molecule has 3 aliphatic rings. The third kappa shape index (κ3) is 2.72. The Morgan fingerprint density at radius 3 is 1.28 bits per heavy atom. The van der Waals surface area contributed by atoms with Crippen LogP contribution in [0.3, 0.4) is 0 Å². The Labute approximate surface area is 113 Å². The van der Waals surface area contributed by atoms with Crippen LogP contribution in [0.25, 0.3) is 0 Å². The summed E-state index contributed by atoms with van der Waals surface area (Å²) >= 11 is 0. The molecular formula is C8H20O6Si4. The Hall–Kier alpha value is 0.628. The van der Waals surface area contributed by atoms with E-state index < -0.39 is 35.7 Å². The molecule has 0 amide bonds. The van der Waals surface area contributed by atoms with Crippen molar-refractivity contribution < 1.29 is 25.9 Å². The van der Waals surface area contributed by atoms with Gasteiger partial charge in [0.25, 0.3) is 0 Å². The van der Waals surface area contributed by atoms with Crippen LogP contribution in [0.2, 0.25) is 26.2 Å². The molecule has 0 aromatic rings. The van der Waals surface area contributed by atoms with Crippen molar-refractivity contribution >= 4 is 35.7 Å². The first kappa shape index (κ1) is 13.6. The van der Waals surface area contributed by atoms with E-state index >= 15 is 0 Å². The fourth-order valence-electron chi connectivity index (χ4n) is 2.43. The van der Waals surface area contributed by atoms with Gasteiger partial charge in [-0.1, -0.05) is 0 Å². The van der Waals surface area contributed by atoms with Crippen LogP contribution in [0.15, 0.2) is 0 Å². The van der Waals surface area contributed by atoms with Gasteiger partial charge in [0.1, 0.15) is 11.5 Å². The average molecular weight is 325 g/mol. The lowest BCUT2D eigenvalue weighted by Gasteiger charge is -2.40. The number of epoxide rings is 2. The van der Waals surface area contributed by atoms with E-state index in [0.717, 1.165) is 13.2 Å². The van der Waals surface area contributed by atoms with Crippen LogP contribution < -0.4 is 0 Å². The summed E-state index contributed by atoms with van der Waals surface area (Å²) in [5, 5.41) is 0. The first-order chi connectivity index (χ1) is 8.41. The summed E-state index contributed by atoms with van der Waals surface area (Å²) in [6.07, 6.45) is 0. The van der Waals surface area contributed by atoms with Gasteiger partial charge in [-0.15, -0.1) is 0 Å². The van der Waals surface area contributed by atoms with Crippen molar-refractivity contribution in [3.63, 3.8) is 0 Å². The molecule has 0 aliphatic carbocycles. The molecule has 0 aromatic carbocycles. The maximum Gasteiger partial charge on any atom is 0.349 e. The molecule has 2 unspecified atom stereocenters. The smallest absolute Gasteiger partial charge is 0.349 e. The summed E-state index contributed by atoms with van der Waals surface area (Å²) in [5.41, 5.74) is 0.329. The molecule has 0 saturated carbocycles. The van der Waals surface area contributed by atoms with Crippen molar-refractivity contribution in [1.29, 1.82) is 0 Å². The van der Waals surface area contributed by atoms with Crippen molar-refractivity contribution in [1.82, 2.24) is 0 Å². The predicted molar refractivity (Wildman–Crippen MR) is 73.1 cm³/mol. The van der Waals surface area contributed by atoms with Gasteiger partial charge in [0.15, 0.2) is 0 Å². The lowest BCUT2D eigenvalue weighted by atomic mass is 11.0. The van der Waals surface area contributed by atoms with E-state index in [1.807, 2.05) is 13.1 Å². The molecule has 3 rings (SSSR count). The highest BCUT2D eigenvalue weighted by atomic mass is 28.5. The summed E-state index contributed by atoms with van der Waals surface area (Å²) in [7, 11) is -8.00. The van der Waals surface area contributed by atoms with Crippen LogP contribution in [-0.2, 0) is 25.9 Å². The fourth-order valence-corrected chi connectivity index (χ4v) is 19.5. The van der Waals surface area contributed by atoms with Gasteiger partial charge in [0.05, 0.1) is 13.2 Å². The Bertz CT molecular complexity index is 292. The highest BCUT2D eigenvalue weighted by molar-refractivity contribution is 6.86. The van der Waals surface area contributed by atoms with Crippen molar-refractivity contribution in [2.45, 2.75) is 37.6 Å². The van der Waals surface area contributed by atoms with Gasteiger partial charge in [-0.05, 0) is 26.2 Å². The minimum atomic E-state index is -2.26. The van der Waals surface area contributed by atoms with Gasteiger partial charge in [-0.2, -0.15) is 0 Å². The van der Waals surface area contributed by atoms with Crippen molar-refractivity contribution in [3.8, 4) is 0 Å². The van der Waals surface area contributed by atoms with Gasteiger partial charge in [-0.25, -0.2) is 0 Å². The standard InChI is InChI=1S/C8H20O6Si4/c1-15-11-17(3,7-5-9-7)13-16(2)14-18(4,12-15)8-6-10-8/h7-8,15-16H,5-6H2,1-4H3. The number of ether oxygens (including phenoxy) is 2. The Morgan fingerprint density at radius 1 is 0.778 bits per heavy atom. The zero-order valence-corrected chi connectivity index (χ0v) is 15.5. The maximum absolute atomic E-state index is 6.19. The lowest BCUT2D eigenvalue weighted by Crippen LogP contribution is -2.62. The van der Waals surface area contributed by atoms with E-state index in [9.17, 15) is 0 Å². The molecule has 3 aliphatic heterocycles. The molecule has 6 nitrogen and oxygen atoms in total. The Balaban J connectivity index is 1.75. The molecule has 3 fully saturated rings. The predicted octanol–water partition coefficient (Wildman–Crippen LogP) is -0.213. The molecule has 0 aromatic heterocycles. The van der Waals surface area contributed by atoms with Crippen LogP contribution in [-0.4, -0.2) is 60.4 Å². The van der Waals surface area contributed by atoms with Crippen LogP contribution in [0.5, 0.6) is 0 Å². The minimum absolute atomic E-state index is 0.165.